The molecule has 2 rings (SSSR count). The summed E-state index contributed by atoms with van der Waals surface area (Å²) in [5.74, 6) is 0.567. The highest BCUT2D eigenvalue weighted by Gasteiger charge is 2.19. The lowest BCUT2D eigenvalue weighted by Gasteiger charge is -2.32. The number of hydrogen-bond donors (Lipinski definition) is 1. The highest BCUT2D eigenvalue weighted by molar-refractivity contribution is 5.19. The molecule has 0 bridgehead atoms. The van der Waals surface area contributed by atoms with Crippen LogP contribution in [-0.4, -0.2) is 50.1 Å². The summed E-state index contributed by atoms with van der Waals surface area (Å²) in [7, 11) is 4.31. The van der Waals surface area contributed by atoms with Gasteiger partial charge < -0.3 is 15.5 Å². The van der Waals surface area contributed by atoms with E-state index in [0.29, 0.717) is 0 Å². The molecule has 0 aromatic heterocycles. The van der Waals surface area contributed by atoms with Gasteiger partial charge in [0.1, 0.15) is 5.82 Å². The van der Waals surface area contributed by atoms with Crippen LogP contribution < -0.4 is 5.73 Å². The molecule has 2 N–H and O–H groups in total. The molecule has 0 radical (unpaired) electrons. The van der Waals surface area contributed by atoms with Gasteiger partial charge in [0.25, 0.3) is 0 Å². The Balaban J connectivity index is 1.78. The summed E-state index contributed by atoms with van der Waals surface area (Å²) in [4.78, 5) is 4.70. The highest BCUT2D eigenvalue weighted by Crippen LogP contribution is 2.18. The van der Waals surface area contributed by atoms with Crippen LogP contribution in [0.1, 0.15) is 24.4 Å². The number of nitrogens with two attached hydrogens (primary N) is 1. The van der Waals surface area contributed by atoms with Crippen LogP contribution in [0.3, 0.4) is 0 Å². The standard InChI is InChI=1S/C16H26FN3/c1-19-9-7-13(8-10-19)11-20(2)12-16(18)14-3-5-15(17)6-4-14/h3-6,13,16H,7-12,18H2,1-2H3. The smallest absolute Gasteiger partial charge is 0.123 e. The Hall–Kier alpha value is -0.970. The maximum atomic E-state index is 12.9. The number of likely N-dealkylation sites (tertiary alicyclic amines) is 1. The van der Waals surface area contributed by atoms with Gasteiger partial charge in [0, 0.05) is 19.1 Å². The van der Waals surface area contributed by atoms with Crippen molar-refractivity contribution in [2.45, 2.75) is 18.9 Å². The molecule has 1 atom stereocenters. The van der Waals surface area contributed by atoms with Crippen molar-refractivity contribution in [3.05, 3.63) is 35.6 Å². The van der Waals surface area contributed by atoms with Crippen molar-refractivity contribution in [3.63, 3.8) is 0 Å². The van der Waals surface area contributed by atoms with Crippen molar-refractivity contribution < 1.29 is 4.39 Å². The molecular formula is C16H26FN3. The number of nitrogens with zero attached hydrogens (tertiary/aromatic N) is 2. The topological polar surface area (TPSA) is 32.5 Å². The Bertz CT molecular complexity index is 399. The van der Waals surface area contributed by atoms with Crippen molar-refractivity contribution in [1.82, 2.24) is 9.80 Å². The molecule has 1 saturated heterocycles. The van der Waals surface area contributed by atoms with Crippen LogP contribution in [0.4, 0.5) is 4.39 Å². The molecule has 4 heteroatoms. The van der Waals surface area contributed by atoms with E-state index in [9.17, 15) is 4.39 Å². The van der Waals surface area contributed by atoms with Crippen LogP contribution in [0.25, 0.3) is 0 Å². The number of piperidine rings is 1. The monoisotopic (exact) mass is 279 g/mol. The Kier molecular flexibility index (Phi) is 5.52. The fraction of sp³-hybridized carbons (Fsp3) is 0.625. The molecule has 112 valence electrons. The molecule has 0 aliphatic carbocycles. The van der Waals surface area contributed by atoms with E-state index in [0.717, 1.165) is 24.6 Å². The van der Waals surface area contributed by atoms with Crippen molar-refractivity contribution >= 4 is 0 Å². The summed E-state index contributed by atoms with van der Waals surface area (Å²) < 4.78 is 12.9. The minimum atomic E-state index is -0.208. The number of hydrogen-bond acceptors (Lipinski definition) is 3. The third kappa shape index (κ3) is 4.54. The summed E-state index contributed by atoms with van der Waals surface area (Å²) in [5, 5.41) is 0. The first-order chi connectivity index (χ1) is 9.54. The molecular weight excluding hydrogens is 253 g/mol. The molecule has 20 heavy (non-hydrogen) atoms. The first-order valence-electron chi connectivity index (χ1n) is 7.42. The summed E-state index contributed by atoms with van der Waals surface area (Å²) in [6, 6.07) is 6.47. The molecule has 0 amide bonds. The van der Waals surface area contributed by atoms with E-state index in [1.165, 1.54) is 38.1 Å². The summed E-state index contributed by atoms with van der Waals surface area (Å²) in [6.07, 6.45) is 2.54. The Morgan fingerprint density at radius 2 is 1.90 bits per heavy atom. The Morgan fingerprint density at radius 3 is 2.50 bits per heavy atom. The number of likely N-dealkylation sites (N-methyl/N-ethyl adjacent to an activating group) is 1. The maximum Gasteiger partial charge on any atom is 0.123 e. The van der Waals surface area contributed by atoms with Gasteiger partial charge >= 0.3 is 0 Å². The minimum absolute atomic E-state index is 0.0492. The fourth-order valence-electron chi connectivity index (χ4n) is 2.91. The minimum Gasteiger partial charge on any atom is -0.323 e. The van der Waals surface area contributed by atoms with E-state index in [2.05, 4.69) is 23.9 Å². The van der Waals surface area contributed by atoms with Gasteiger partial charge in [-0.3, -0.25) is 0 Å². The SMILES string of the molecule is CN1CCC(CN(C)CC(N)c2ccc(F)cc2)CC1. The number of rotatable bonds is 5. The van der Waals surface area contributed by atoms with Crippen LogP contribution in [0.2, 0.25) is 0 Å². The summed E-state index contributed by atoms with van der Waals surface area (Å²) >= 11 is 0. The zero-order chi connectivity index (χ0) is 14.5. The largest absolute Gasteiger partial charge is 0.323 e. The van der Waals surface area contributed by atoms with Crippen LogP contribution in [-0.2, 0) is 0 Å². The van der Waals surface area contributed by atoms with Crippen molar-refractivity contribution in [3.8, 4) is 0 Å². The predicted molar refractivity (Wildman–Crippen MR) is 81.0 cm³/mol. The number of benzene rings is 1. The molecule has 0 saturated carbocycles. The highest BCUT2D eigenvalue weighted by atomic mass is 19.1. The lowest BCUT2D eigenvalue weighted by Crippen LogP contribution is -2.38. The lowest BCUT2D eigenvalue weighted by atomic mass is 9.96. The van der Waals surface area contributed by atoms with E-state index in [4.69, 9.17) is 5.73 Å². The molecule has 1 unspecified atom stereocenters. The average Bonchev–Trinajstić information content (AvgIpc) is 2.42. The maximum absolute atomic E-state index is 12.9. The van der Waals surface area contributed by atoms with E-state index in [1.54, 1.807) is 12.1 Å². The van der Waals surface area contributed by atoms with Gasteiger partial charge in [-0.15, -0.1) is 0 Å². The summed E-state index contributed by atoms with van der Waals surface area (Å²) in [6.45, 7) is 4.31. The zero-order valence-electron chi connectivity index (χ0n) is 12.6. The molecule has 0 spiro atoms. The molecule has 1 heterocycles. The van der Waals surface area contributed by atoms with Gasteiger partial charge in [0.15, 0.2) is 0 Å². The van der Waals surface area contributed by atoms with E-state index < -0.39 is 0 Å². The first kappa shape index (κ1) is 15.4. The van der Waals surface area contributed by atoms with Crippen LogP contribution in [0.15, 0.2) is 24.3 Å². The van der Waals surface area contributed by atoms with E-state index in [1.807, 2.05) is 0 Å². The second-order valence-electron chi connectivity index (χ2n) is 6.13. The fourth-order valence-corrected chi connectivity index (χ4v) is 2.91. The van der Waals surface area contributed by atoms with Crippen LogP contribution in [0.5, 0.6) is 0 Å². The van der Waals surface area contributed by atoms with Crippen LogP contribution >= 0.6 is 0 Å². The molecule has 1 aliphatic heterocycles. The average molecular weight is 279 g/mol. The van der Waals surface area contributed by atoms with Gasteiger partial charge in [0.2, 0.25) is 0 Å². The third-order valence-electron chi connectivity index (χ3n) is 4.21. The van der Waals surface area contributed by atoms with Crippen molar-refractivity contribution in [2.75, 3.05) is 40.3 Å². The summed E-state index contributed by atoms with van der Waals surface area (Å²) in [5.41, 5.74) is 7.20. The first-order valence-corrected chi connectivity index (χ1v) is 7.42. The van der Waals surface area contributed by atoms with Crippen LogP contribution in [0, 0.1) is 11.7 Å². The number of halogens is 1. The molecule has 1 aliphatic rings. The molecule has 1 aromatic carbocycles. The van der Waals surface area contributed by atoms with Gasteiger partial charge in [-0.2, -0.15) is 0 Å². The van der Waals surface area contributed by atoms with Gasteiger partial charge in [-0.1, -0.05) is 12.1 Å². The predicted octanol–water partition coefficient (Wildman–Crippen LogP) is 2.10. The second-order valence-corrected chi connectivity index (χ2v) is 6.13. The van der Waals surface area contributed by atoms with Gasteiger partial charge in [-0.05, 0) is 63.6 Å². The molecule has 3 nitrogen and oxygen atoms in total. The zero-order valence-corrected chi connectivity index (χ0v) is 12.6. The van der Waals surface area contributed by atoms with Crippen molar-refractivity contribution in [2.24, 2.45) is 11.7 Å². The quantitative estimate of drug-likeness (QED) is 0.896. The third-order valence-corrected chi connectivity index (χ3v) is 4.21. The molecule has 1 aromatic rings. The Labute approximate surface area is 121 Å². The Morgan fingerprint density at radius 1 is 1.30 bits per heavy atom. The van der Waals surface area contributed by atoms with E-state index in [-0.39, 0.29) is 11.9 Å². The second kappa shape index (κ2) is 7.16. The normalized spacial score (nSPS) is 19.4. The molecule has 1 fully saturated rings. The van der Waals surface area contributed by atoms with Gasteiger partial charge in [-0.25, -0.2) is 4.39 Å². The van der Waals surface area contributed by atoms with E-state index >= 15 is 0 Å². The lowest BCUT2D eigenvalue weighted by molar-refractivity contribution is 0.172. The van der Waals surface area contributed by atoms with Gasteiger partial charge in [0.05, 0.1) is 0 Å². The van der Waals surface area contributed by atoms with Crippen molar-refractivity contribution in [1.29, 1.82) is 0 Å².